The molecule has 1 atom stereocenters. The van der Waals surface area contributed by atoms with Gasteiger partial charge in [-0.3, -0.25) is 4.90 Å². The molecule has 0 aromatic heterocycles. The van der Waals surface area contributed by atoms with Crippen molar-refractivity contribution in [1.82, 2.24) is 4.90 Å². The zero-order chi connectivity index (χ0) is 21.1. The third-order valence-corrected chi connectivity index (χ3v) is 8.30. The van der Waals surface area contributed by atoms with Crippen molar-refractivity contribution in [2.24, 2.45) is 5.16 Å². The van der Waals surface area contributed by atoms with Crippen molar-refractivity contribution in [1.29, 1.82) is 0 Å². The minimum Gasteiger partial charge on any atom is -0.411 e. The molecule has 2 aliphatic heterocycles. The highest BCUT2D eigenvalue weighted by molar-refractivity contribution is 7.92. The summed E-state index contributed by atoms with van der Waals surface area (Å²) in [6.07, 6.45) is 1.55. The van der Waals surface area contributed by atoms with Gasteiger partial charge in [0.15, 0.2) is 9.84 Å². The number of fused-ring (bicyclic) bond motifs is 1. The highest BCUT2D eigenvalue weighted by Gasteiger charge is 2.36. The summed E-state index contributed by atoms with van der Waals surface area (Å²) >= 11 is 0. The van der Waals surface area contributed by atoms with E-state index in [0.29, 0.717) is 17.7 Å². The largest absolute Gasteiger partial charge is 0.411 e. The van der Waals surface area contributed by atoms with Gasteiger partial charge in [0.2, 0.25) is 0 Å². The maximum Gasteiger partial charge on any atom is 0.182 e. The number of piperazine rings is 1. The summed E-state index contributed by atoms with van der Waals surface area (Å²) in [6.45, 7) is 4.34. The lowest BCUT2D eigenvalue weighted by atomic mass is 10.0. The minimum atomic E-state index is -3.43. The van der Waals surface area contributed by atoms with Gasteiger partial charge >= 0.3 is 0 Å². The number of hydrogen-bond acceptors (Lipinski definition) is 6. The van der Waals surface area contributed by atoms with E-state index in [0.717, 1.165) is 44.8 Å². The van der Waals surface area contributed by atoms with Gasteiger partial charge in [0.25, 0.3) is 0 Å². The quantitative estimate of drug-likeness (QED) is 0.582. The molecule has 2 aromatic carbocycles. The summed E-state index contributed by atoms with van der Waals surface area (Å²) in [5.41, 5.74) is 1.98. The van der Waals surface area contributed by atoms with Crippen LogP contribution in [0.3, 0.4) is 0 Å². The van der Waals surface area contributed by atoms with Crippen LogP contribution in [0.1, 0.15) is 24.8 Å². The van der Waals surface area contributed by atoms with Gasteiger partial charge in [-0.25, -0.2) is 12.8 Å². The molecule has 0 amide bonds. The number of hydrogen-bond donors (Lipinski definition) is 1. The number of benzene rings is 2. The number of rotatable bonds is 5. The second-order valence-electron chi connectivity index (χ2n) is 7.86. The lowest BCUT2D eigenvalue weighted by Gasteiger charge is -2.36. The molecular formula is C22H26FN3O3S. The first-order valence-corrected chi connectivity index (χ1v) is 11.8. The van der Waals surface area contributed by atoms with Crippen LogP contribution in [0.25, 0.3) is 0 Å². The van der Waals surface area contributed by atoms with E-state index in [4.69, 9.17) is 0 Å². The van der Waals surface area contributed by atoms with Gasteiger partial charge in [0.05, 0.1) is 15.9 Å². The Labute approximate surface area is 176 Å². The van der Waals surface area contributed by atoms with Gasteiger partial charge in [-0.2, -0.15) is 0 Å². The monoisotopic (exact) mass is 431 g/mol. The molecule has 0 bridgehead atoms. The number of anilines is 1. The van der Waals surface area contributed by atoms with Crippen molar-refractivity contribution in [3.63, 3.8) is 0 Å². The smallest absolute Gasteiger partial charge is 0.182 e. The Hall–Kier alpha value is -2.45. The van der Waals surface area contributed by atoms with Gasteiger partial charge in [-0.05, 0) is 49.7 Å². The molecule has 2 aliphatic rings. The number of nitrogens with zero attached hydrogens (tertiary/aromatic N) is 3. The lowest BCUT2D eigenvalue weighted by Crippen LogP contribution is -2.46. The zero-order valence-electron chi connectivity index (χ0n) is 16.7. The fraction of sp³-hybridized carbons (Fsp3) is 0.409. The molecule has 30 heavy (non-hydrogen) atoms. The molecule has 0 saturated carbocycles. The van der Waals surface area contributed by atoms with Crippen LogP contribution >= 0.6 is 0 Å². The van der Waals surface area contributed by atoms with E-state index in [-0.39, 0.29) is 17.1 Å². The van der Waals surface area contributed by atoms with Crippen molar-refractivity contribution in [3.05, 3.63) is 59.9 Å². The molecule has 0 spiro atoms. The Bertz CT molecular complexity index is 1020. The summed E-state index contributed by atoms with van der Waals surface area (Å²) in [5.74, 6) is -0.230. The van der Waals surface area contributed by atoms with Crippen molar-refractivity contribution in [2.75, 3.05) is 37.6 Å². The summed E-state index contributed by atoms with van der Waals surface area (Å²) in [7, 11) is -3.43. The number of halogens is 1. The van der Waals surface area contributed by atoms with Crippen molar-refractivity contribution >= 4 is 21.2 Å². The predicted octanol–water partition coefficient (Wildman–Crippen LogP) is 3.15. The Balaban J connectivity index is 1.31. The first-order valence-electron chi connectivity index (χ1n) is 10.3. The second-order valence-corrected chi connectivity index (χ2v) is 10.1. The average molecular weight is 432 g/mol. The molecule has 4 rings (SSSR count). The summed E-state index contributed by atoms with van der Waals surface area (Å²) in [4.78, 5) is 4.84. The first kappa shape index (κ1) is 20.8. The van der Waals surface area contributed by atoms with Gasteiger partial charge in [0.1, 0.15) is 5.82 Å². The SMILES string of the molecule is O=S1(=O)c2ccccc2/C(=N\O)CC1CCCN1CCN(c2ccc(F)cc2)CC1. The summed E-state index contributed by atoms with van der Waals surface area (Å²) in [5, 5.41) is 12.1. The molecule has 2 heterocycles. The van der Waals surface area contributed by atoms with Gasteiger partial charge in [-0.1, -0.05) is 23.4 Å². The topological polar surface area (TPSA) is 73.2 Å². The van der Waals surface area contributed by atoms with Gasteiger partial charge in [-0.15, -0.1) is 0 Å². The maximum atomic E-state index is 13.1. The van der Waals surface area contributed by atoms with E-state index in [1.165, 1.54) is 12.1 Å². The third kappa shape index (κ3) is 4.20. The fourth-order valence-electron chi connectivity index (χ4n) is 4.34. The molecule has 1 fully saturated rings. The Morgan fingerprint density at radius 3 is 2.43 bits per heavy atom. The van der Waals surface area contributed by atoms with Crippen LogP contribution in [0.5, 0.6) is 0 Å². The Kier molecular flexibility index (Phi) is 6.06. The summed E-state index contributed by atoms with van der Waals surface area (Å²) < 4.78 is 39.1. The molecule has 160 valence electrons. The average Bonchev–Trinajstić information content (AvgIpc) is 2.76. The fourth-order valence-corrected chi connectivity index (χ4v) is 6.32. The lowest BCUT2D eigenvalue weighted by molar-refractivity contribution is 0.252. The van der Waals surface area contributed by atoms with Gasteiger partial charge in [0, 0.05) is 43.9 Å². The zero-order valence-corrected chi connectivity index (χ0v) is 17.6. The minimum absolute atomic E-state index is 0.230. The summed E-state index contributed by atoms with van der Waals surface area (Å²) in [6, 6.07) is 13.3. The van der Waals surface area contributed by atoms with Crippen LogP contribution in [0.4, 0.5) is 10.1 Å². The molecule has 0 aliphatic carbocycles. The van der Waals surface area contributed by atoms with E-state index < -0.39 is 15.1 Å². The van der Waals surface area contributed by atoms with Crippen LogP contribution in [0.2, 0.25) is 0 Å². The van der Waals surface area contributed by atoms with E-state index in [2.05, 4.69) is 15.0 Å². The highest BCUT2D eigenvalue weighted by Crippen LogP contribution is 2.32. The van der Waals surface area contributed by atoms with E-state index in [9.17, 15) is 18.0 Å². The van der Waals surface area contributed by atoms with Crippen LogP contribution < -0.4 is 4.90 Å². The van der Waals surface area contributed by atoms with Crippen molar-refractivity contribution < 1.29 is 18.0 Å². The van der Waals surface area contributed by atoms with Crippen LogP contribution in [0.15, 0.2) is 58.6 Å². The molecule has 1 saturated heterocycles. The highest BCUT2D eigenvalue weighted by atomic mass is 32.2. The standard InChI is InChI=1S/C22H26FN3O3S/c23-17-7-9-18(10-8-17)26-14-12-25(13-15-26)11-3-4-19-16-21(24-27)20-5-1-2-6-22(20)30(19,28)29/h1-2,5-10,19,27H,3-4,11-16H2/b24-21-. The van der Waals surface area contributed by atoms with Gasteiger partial charge < -0.3 is 10.1 Å². The molecular weight excluding hydrogens is 405 g/mol. The first-order chi connectivity index (χ1) is 14.5. The maximum absolute atomic E-state index is 13.1. The second kappa shape index (κ2) is 8.73. The Morgan fingerprint density at radius 2 is 1.73 bits per heavy atom. The third-order valence-electron chi connectivity index (χ3n) is 6.05. The van der Waals surface area contributed by atoms with Crippen LogP contribution in [-0.2, 0) is 9.84 Å². The molecule has 2 aromatic rings. The van der Waals surface area contributed by atoms with Crippen molar-refractivity contribution in [2.45, 2.75) is 29.4 Å². The van der Waals surface area contributed by atoms with Crippen molar-refractivity contribution in [3.8, 4) is 0 Å². The molecule has 6 nitrogen and oxygen atoms in total. The molecule has 8 heteroatoms. The molecule has 1 unspecified atom stereocenters. The normalized spacial score (nSPS) is 22.8. The van der Waals surface area contributed by atoms with Crippen LogP contribution in [-0.4, -0.2) is 62.2 Å². The van der Waals surface area contributed by atoms with E-state index >= 15 is 0 Å². The molecule has 0 radical (unpaired) electrons. The predicted molar refractivity (Wildman–Crippen MR) is 115 cm³/mol. The van der Waals surface area contributed by atoms with Crippen LogP contribution in [0, 0.1) is 5.82 Å². The van der Waals surface area contributed by atoms with E-state index in [1.54, 1.807) is 36.4 Å². The molecule has 1 N–H and O–H groups in total. The number of oxime groups is 1. The van der Waals surface area contributed by atoms with E-state index in [1.807, 2.05) is 0 Å². The number of sulfone groups is 1. The Morgan fingerprint density at radius 1 is 1.03 bits per heavy atom.